The van der Waals surface area contributed by atoms with Crippen LogP contribution in [0.25, 0.3) is 0 Å². The van der Waals surface area contributed by atoms with Crippen LogP contribution >= 0.6 is 11.5 Å². The van der Waals surface area contributed by atoms with E-state index in [-0.39, 0.29) is 11.8 Å². The molecule has 2 N–H and O–H groups in total. The molecule has 0 radical (unpaired) electrons. The normalized spacial score (nSPS) is 14.3. The van der Waals surface area contributed by atoms with Gasteiger partial charge in [0.1, 0.15) is 0 Å². The van der Waals surface area contributed by atoms with Crippen molar-refractivity contribution in [3.8, 4) is 6.07 Å². The Bertz CT molecular complexity index is 1490. The van der Waals surface area contributed by atoms with Crippen LogP contribution in [0.4, 0.5) is 16.5 Å². The van der Waals surface area contributed by atoms with Crippen LogP contribution in [0.1, 0.15) is 45.2 Å². The van der Waals surface area contributed by atoms with Gasteiger partial charge in [-0.2, -0.15) is 9.64 Å². The zero-order chi connectivity index (χ0) is 28.1. The highest BCUT2D eigenvalue weighted by atomic mass is 32.1. The van der Waals surface area contributed by atoms with Crippen molar-refractivity contribution in [2.75, 3.05) is 55.8 Å². The van der Waals surface area contributed by atoms with E-state index in [2.05, 4.69) is 52.3 Å². The quantitative estimate of drug-likeness (QED) is 0.330. The number of nitriles is 1. The van der Waals surface area contributed by atoms with Gasteiger partial charge in [-0.3, -0.25) is 4.79 Å². The Morgan fingerprint density at radius 2 is 1.82 bits per heavy atom. The minimum atomic E-state index is -0.0411. The summed E-state index contributed by atoms with van der Waals surface area (Å²) in [5.41, 5.74) is 11.3. The standard InChI is InChI=1S/C31H33N7OS/c1-36(2)27-13-7-22(8-14-27)20-28(24-9-11-26(33)12-10-24)29-34-31(40-35-29)38-16-4-15-37(17-18-38)30(39)25-6-3-5-23(19-25)21-32/h3,5-14,19,28H,4,15-18,20,33H2,1-2H3. The van der Waals surface area contributed by atoms with Gasteiger partial charge >= 0.3 is 0 Å². The molecule has 1 amide bonds. The highest BCUT2D eigenvalue weighted by molar-refractivity contribution is 7.09. The van der Waals surface area contributed by atoms with Gasteiger partial charge in [-0.1, -0.05) is 30.3 Å². The summed E-state index contributed by atoms with van der Waals surface area (Å²) in [6.07, 6.45) is 1.61. The summed E-state index contributed by atoms with van der Waals surface area (Å²) in [5.74, 6) is 0.751. The van der Waals surface area contributed by atoms with Crippen LogP contribution in [0.5, 0.6) is 0 Å². The summed E-state index contributed by atoms with van der Waals surface area (Å²) in [6, 6.07) is 25.6. The Hall–Kier alpha value is -4.42. The number of anilines is 3. The monoisotopic (exact) mass is 551 g/mol. The second kappa shape index (κ2) is 12.2. The molecule has 9 heteroatoms. The summed E-state index contributed by atoms with van der Waals surface area (Å²) >= 11 is 1.41. The van der Waals surface area contributed by atoms with E-state index in [1.807, 2.05) is 31.1 Å². The van der Waals surface area contributed by atoms with E-state index < -0.39 is 0 Å². The number of rotatable bonds is 7. The number of benzene rings is 3. The van der Waals surface area contributed by atoms with Crippen LogP contribution in [-0.2, 0) is 6.42 Å². The van der Waals surface area contributed by atoms with Crippen LogP contribution in [-0.4, -0.2) is 60.4 Å². The van der Waals surface area contributed by atoms with Gasteiger partial charge in [-0.15, -0.1) is 0 Å². The van der Waals surface area contributed by atoms with Gasteiger partial charge < -0.3 is 20.4 Å². The molecule has 0 aliphatic carbocycles. The molecule has 1 atom stereocenters. The van der Waals surface area contributed by atoms with Gasteiger partial charge in [0.05, 0.1) is 11.6 Å². The summed E-state index contributed by atoms with van der Waals surface area (Å²) in [6.45, 7) is 2.73. The first-order valence-electron chi connectivity index (χ1n) is 13.4. The van der Waals surface area contributed by atoms with Gasteiger partial charge in [0, 0.05) is 74.7 Å². The average molecular weight is 552 g/mol. The molecule has 8 nitrogen and oxygen atoms in total. The number of aromatic nitrogens is 2. The lowest BCUT2D eigenvalue weighted by Crippen LogP contribution is -2.35. The van der Waals surface area contributed by atoms with Crippen LogP contribution in [0.3, 0.4) is 0 Å². The molecule has 40 heavy (non-hydrogen) atoms. The summed E-state index contributed by atoms with van der Waals surface area (Å²) in [5, 5.41) is 10.1. The Balaban J connectivity index is 1.33. The largest absolute Gasteiger partial charge is 0.399 e. The summed E-state index contributed by atoms with van der Waals surface area (Å²) in [7, 11) is 4.08. The molecule has 5 rings (SSSR count). The van der Waals surface area contributed by atoms with E-state index >= 15 is 0 Å². The van der Waals surface area contributed by atoms with Gasteiger partial charge in [0.2, 0.25) is 5.13 Å². The Kier molecular flexibility index (Phi) is 8.27. The fourth-order valence-corrected chi connectivity index (χ4v) is 5.74. The Labute approximate surface area is 239 Å². The predicted molar refractivity (Wildman–Crippen MR) is 161 cm³/mol. The molecule has 0 saturated carbocycles. The van der Waals surface area contributed by atoms with Crippen molar-refractivity contribution in [3.05, 3.63) is 101 Å². The first-order valence-corrected chi connectivity index (χ1v) is 14.2. The SMILES string of the molecule is CN(C)c1ccc(CC(c2ccc(N)cc2)c2nsc(N3CCCN(C(=O)c4cccc(C#N)c4)CC3)n2)cc1. The van der Waals surface area contributed by atoms with Crippen molar-refractivity contribution in [3.63, 3.8) is 0 Å². The topological polar surface area (TPSA) is 102 Å². The lowest BCUT2D eigenvalue weighted by molar-refractivity contribution is 0.0767. The van der Waals surface area contributed by atoms with Crippen molar-refractivity contribution in [2.45, 2.75) is 18.8 Å². The van der Waals surface area contributed by atoms with E-state index in [0.29, 0.717) is 30.8 Å². The van der Waals surface area contributed by atoms with E-state index in [1.165, 1.54) is 17.1 Å². The molecule has 1 fully saturated rings. The molecule has 1 saturated heterocycles. The van der Waals surface area contributed by atoms with Crippen molar-refractivity contribution >= 4 is 33.9 Å². The zero-order valence-corrected chi connectivity index (χ0v) is 23.6. The average Bonchev–Trinajstić information content (AvgIpc) is 3.33. The Morgan fingerprint density at radius 1 is 1.05 bits per heavy atom. The van der Waals surface area contributed by atoms with Crippen LogP contribution in [0.2, 0.25) is 0 Å². The minimum absolute atomic E-state index is 0.00623. The first-order chi connectivity index (χ1) is 19.4. The van der Waals surface area contributed by atoms with Gasteiger partial charge in [-0.25, -0.2) is 4.98 Å². The molecular weight excluding hydrogens is 518 g/mol. The maximum absolute atomic E-state index is 13.1. The van der Waals surface area contributed by atoms with E-state index in [0.717, 1.165) is 47.3 Å². The third kappa shape index (κ3) is 6.24. The molecule has 1 aliphatic rings. The molecule has 1 aliphatic heterocycles. The van der Waals surface area contributed by atoms with E-state index in [1.54, 1.807) is 24.3 Å². The maximum atomic E-state index is 13.1. The van der Waals surface area contributed by atoms with E-state index in [9.17, 15) is 10.1 Å². The fraction of sp³-hybridized carbons (Fsp3) is 0.290. The van der Waals surface area contributed by atoms with Crippen molar-refractivity contribution in [1.82, 2.24) is 14.3 Å². The first kappa shape index (κ1) is 27.2. The minimum Gasteiger partial charge on any atom is -0.399 e. The molecule has 0 spiro atoms. The molecule has 4 aromatic rings. The van der Waals surface area contributed by atoms with Gasteiger partial charge in [-0.05, 0) is 66.4 Å². The molecule has 2 heterocycles. The second-order valence-electron chi connectivity index (χ2n) is 10.2. The lowest BCUT2D eigenvalue weighted by Gasteiger charge is -2.21. The highest BCUT2D eigenvalue weighted by Gasteiger charge is 2.25. The number of nitrogens with zero attached hydrogens (tertiary/aromatic N) is 6. The van der Waals surface area contributed by atoms with Crippen molar-refractivity contribution in [1.29, 1.82) is 5.26 Å². The van der Waals surface area contributed by atoms with Crippen molar-refractivity contribution < 1.29 is 4.79 Å². The second-order valence-corrected chi connectivity index (χ2v) is 11.0. The molecule has 0 bridgehead atoms. The van der Waals surface area contributed by atoms with E-state index in [4.69, 9.17) is 15.1 Å². The van der Waals surface area contributed by atoms with Gasteiger partial charge in [0.15, 0.2) is 5.82 Å². The number of nitrogen functional groups attached to an aromatic ring is 1. The number of carbonyl (C=O) groups excluding carboxylic acids is 1. The molecule has 3 aromatic carbocycles. The molecular formula is C31H33N7OS. The smallest absolute Gasteiger partial charge is 0.253 e. The summed E-state index contributed by atoms with van der Waals surface area (Å²) in [4.78, 5) is 24.3. The van der Waals surface area contributed by atoms with Crippen LogP contribution in [0.15, 0.2) is 72.8 Å². The molecule has 204 valence electrons. The maximum Gasteiger partial charge on any atom is 0.253 e. The predicted octanol–water partition coefficient (Wildman–Crippen LogP) is 4.79. The van der Waals surface area contributed by atoms with Gasteiger partial charge in [0.25, 0.3) is 5.91 Å². The summed E-state index contributed by atoms with van der Waals surface area (Å²) < 4.78 is 4.82. The number of amides is 1. The number of hydrogen-bond donors (Lipinski definition) is 1. The fourth-order valence-electron chi connectivity index (χ4n) is 4.96. The highest BCUT2D eigenvalue weighted by Crippen LogP contribution is 2.31. The third-order valence-corrected chi connectivity index (χ3v) is 8.06. The number of carbonyl (C=O) groups is 1. The number of nitrogens with two attached hydrogens (primary N) is 1. The Morgan fingerprint density at radius 3 is 2.55 bits per heavy atom. The molecule has 1 aromatic heterocycles. The van der Waals surface area contributed by atoms with Crippen molar-refractivity contribution in [2.24, 2.45) is 0 Å². The van der Waals surface area contributed by atoms with Crippen LogP contribution in [0, 0.1) is 11.3 Å². The third-order valence-electron chi connectivity index (χ3n) is 7.27. The zero-order valence-electron chi connectivity index (χ0n) is 22.8. The lowest BCUT2D eigenvalue weighted by atomic mass is 9.91. The number of hydrogen-bond acceptors (Lipinski definition) is 8. The molecule has 1 unspecified atom stereocenters. The van der Waals surface area contributed by atoms with Crippen LogP contribution < -0.4 is 15.5 Å².